The predicted octanol–water partition coefficient (Wildman–Crippen LogP) is 3.44. The average molecular weight is 392 g/mol. The third kappa shape index (κ3) is 4.43. The molecule has 1 amide bonds. The Kier molecular flexibility index (Phi) is 6.31. The molecule has 0 spiro atoms. The lowest BCUT2D eigenvalue weighted by Gasteiger charge is -2.32. The highest BCUT2D eigenvalue weighted by atomic mass is 19.1. The van der Waals surface area contributed by atoms with Crippen molar-refractivity contribution >= 4 is 17.0 Å². The van der Waals surface area contributed by atoms with Crippen LogP contribution < -0.4 is 10.6 Å². The number of benzene rings is 1. The molecular weight excluding hydrogens is 363 g/mol. The molecule has 1 unspecified atom stereocenters. The maximum Gasteiger partial charge on any atom is 0.410 e. The second-order valence-corrected chi connectivity index (χ2v) is 7.96. The van der Waals surface area contributed by atoms with Crippen molar-refractivity contribution in [3.8, 4) is 0 Å². The minimum Gasteiger partial charge on any atom is -0.444 e. The van der Waals surface area contributed by atoms with Gasteiger partial charge in [0.15, 0.2) is 5.82 Å². The number of fused-ring (bicyclic) bond motifs is 1. The molecule has 0 bridgehead atoms. The first kappa shape index (κ1) is 21.7. The zero-order valence-electron chi connectivity index (χ0n) is 17.6. The number of hydrogen-bond acceptors (Lipinski definition) is 5. The van der Waals surface area contributed by atoms with Gasteiger partial charge in [-0.2, -0.15) is 0 Å². The molecule has 0 saturated heterocycles. The molecule has 154 valence electrons. The number of aromatic nitrogens is 2. The molecule has 28 heavy (non-hydrogen) atoms. The highest BCUT2D eigenvalue weighted by Crippen LogP contribution is 2.26. The van der Waals surface area contributed by atoms with Gasteiger partial charge in [-0.05, 0) is 39.3 Å². The van der Waals surface area contributed by atoms with Crippen LogP contribution in [-0.2, 0) is 4.74 Å². The van der Waals surface area contributed by atoms with E-state index in [1.54, 1.807) is 53.0 Å². The van der Waals surface area contributed by atoms with Gasteiger partial charge in [-0.15, -0.1) is 0 Å². The summed E-state index contributed by atoms with van der Waals surface area (Å²) in [7, 11) is 4.97. The van der Waals surface area contributed by atoms with E-state index in [0.29, 0.717) is 12.2 Å². The molecular formula is C20H29FN4O3. The zero-order valence-corrected chi connectivity index (χ0v) is 17.6. The van der Waals surface area contributed by atoms with E-state index in [2.05, 4.69) is 4.98 Å². The van der Waals surface area contributed by atoms with Gasteiger partial charge in [0.1, 0.15) is 16.8 Å². The Morgan fingerprint density at radius 1 is 1.29 bits per heavy atom. The summed E-state index contributed by atoms with van der Waals surface area (Å²) in [6, 6.07) is 3.84. The number of carbonyl (C=O) groups is 1. The minimum atomic E-state index is -0.650. The number of halogens is 1. The molecule has 7 nitrogen and oxygen atoms in total. The molecule has 0 saturated carbocycles. The van der Waals surface area contributed by atoms with Gasteiger partial charge in [-0.25, -0.2) is 18.8 Å². The van der Waals surface area contributed by atoms with Gasteiger partial charge in [0.05, 0.1) is 11.6 Å². The molecule has 1 aromatic heterocycles. The molecule has 0 aliphatic rings. The summed E-state index contributed by atoms with van der Waals surface area (Å²) in [5.74, 6) is -0.256. The largest absolute Gasteiger partial charge is 0.444 e. The number of amides is 1. The van der Waals surface area contributed by atoms with Gasteiger partial charge in [-0.3, -0.25) is 4.79 Å². The molecule has 0 aliphatic heterocycles. The van der Waals surface area contributed by atoms with Crippen LogP contribution in [0.15, 0.2) is 23.0 Å². The minimum absolute atomic E-state index is 0.0740. The van der Waals surface area contributed by atoms with E-state index in [-0.39, 0.29) is 10.9 Å². The van der Waals surface area contributed by atoms with Crippen molar-refractivity contribution in [2.24, 2.45) is 0 Å². The van der Waals surface area contributed by atoms with Gasteiger partial charge in [0.25, 0.3) is 5.56 Å². The van der Waals surface area contributed by atoms with Crippen molar-refractivity contribution in [1.82, 2.24) is 14.6 Å². The third-order valence-corrected chi connectivity index (χ3v) is 4.26. The Labute approximate surface area is 164 Å². The lowest BCUT2D eigenvalue weighted by atomic mass is 10.1. The van der Waals surface area contributed by atoms with Gasteiger partial charge in [0, 0.05) is 21.1 Å². The molecule has 2 aromatic rings. The number of carbonyl (C=O) groups excluding carboxylic acids is 1. The van der Waals surface area contributed by atoms with Gasteiger partial charge in [0.2, 0.25) is 0 Å². The number of rotatable bonds is 5. The standard InChI is InChI=1S/C20H29FN4O3/c1-8-10-15(24(7)19(27)28-20(2,3)4)17-22-14-12-9-11-13(21)16(14)18(26)25(17)23(5)6/h9,11-12,15H,8,10H2,1-7H3. The Morgan fingerprint density at radius 3 is 2.46 bits per heavy atom. The monoisotopic (exact) mass is 392 g/mol. The fourth-order valence-electron chi connectivity index (χ4n) is 3.03. The number of nitrogens with zero attached hydrogens (tertiary/aromatic N) is 4. The summed E-state index contributed by atoms with van der Waals surface area (Å²) in [5.41, 5.74) is -0.901. The summed E-state index contributed by atoms with van der Waals surface area (Å²) in [4.78, 5) is 31.7. The first-order valence-electron chi connectivity index (χ1n) is 9.32. The Balaban J connectivity index is 2.68. The van der Waals surface area contributed by atoms with E-state index < -0.39 is 29.1 Å². The quantitative estimate of drug-likeness (QED) is 0.780. The van der Waals surface area contributed by atoms with Crippen LogP contribution in [0.4, 0.5) is 9.18 Å². The third-order valence-electron chi connectivity index (χ3n) is 4.26. The van der Waals surface area contributed by atoms with E-state index >= 15 is 0 Å². The van der Waals surface area contributed by atoms with Crippen LogP contribution >= 0.6 is 0 Å². The van der Waals surface area contributed by atoms with Gasteiger partial charge >= 0.3 is 6.09 Å². The molecule has 0 radical (unpaired) electrons. The number of ether oxygens (including phenoxy) is 1. The van der Waals surface area contributed by atoms with Crippen molar-refractivity contribution in [2.45, 2.75) is 52.2 Å². The molecule has 1 heterocycles. The second kappa shape index (κ2) is 8.16. The summed E-state index contributed by atoms with van der Waals surface area (Å²) < 4.78 is 21.1. The molecule has 0 aliphatic carbocycles. The number of hydrogen-bond donors (Lipinski definition) is 0. The van der Waals surface area contributed by atoms with Crippen molar-refractivity contribution in [3.05, 3.63) is 40.2 Å². The summed E-state index contributed by atoms with van der Waals surface area (Å²) in [6.45, 7) is 7.36. The van der Waals surface area contributed by atoms with E-state index in [9.17, 15) is 14.0 Å². The Bertz CT molecular complexity index is 918. The molecule has 0 fully saturated rings. The predicted molar refractivity (Wildman–Crippen MR) is 108 cm³/mol. The fourth-order valence-corrected chi connectivity index (χ4v) is 3.03. The SMILES string of the molecule is CCCC(c1nc2cccc(F)c2c(=O)n1N(C)C)N(C)C(=O)OC(C)(C)C. The van der Waals surface area contributed by atoms with E-state index in [1.165, 1.54) is 21.7 Å². The van der Waals surface area contributed by atoms with E-state index in [4.69, 9.17) is 4.74 Å². The lowest BCUT2D eigenvalue weighted by molar-refractivity contribution is 0.0199. The molecule has 1 atom stereocenters. The van der Waals surface area contributed by atoms with Crippen molar-refractivity contribution < 1.29 is 13.9 Å². The molecule has 2 rings (SSSR count). The summed E-state index contributed by atoms with van der Waals surface area (Å²) in [6.07, 6.45) is 0.809. The van der Waals surface area contributed by atoms with Crippen LogP contribution in [0, 0.1) is 5.82 Å². The lowest BCUT2D eigenvalue weighted by Crippen LogP contribution is -2.44. The summed E-state index contributed by atoms with van der Waals surface area (Å²) >= 11 is 0. The second-order valence-electron chi connectivity index (χ2n) is 7.96. The average Bonchev–Trinajstić information content (AvgIpc) is 2.56. The van der Waals surface area contributed by atoms with Crippen molar-refractivity contribution in [1.29, 1.82) is 0 Å². The Morgan fingerprint density at radius 2 is 1.93 bits per heavy atom. The molecule has 8 heteroatoms. The smallest absolute Gasteiger partial charge is 0.410 e. The Hall–Kier alpha value is -2.64. The zero-order chi connectivity index (χ0) is 21.2. The normalized spacial score (nSPS) is 12.7. The van der Waals surface area contributed by atoms with Crippen LogP contribution in [-0.4, -0.2) is 47.4 Å². The van der Waals surface area contributed by atoms with Crippen LogP contribution in [0.3, 0.4) is 0 Å². The van der Waals surface area contributed by atoms with Crippen LogP contribution in [0.2, 0.25) is 0 Å². The first-order valence-corrected chi connectivity index (χ1v) is 9.32. The van der Waals surface area contributed by atoms with Crippen LogP contribution in [0.5, 0.6) is 0 Å². The molecule has 0 N–H and O–H groups in total. The van der Waals surface area contributed by atoms with Gasteiger partial charge in [-0.1, -0.05) is 19.4 Å². The highest BCUT2D eigenvalue weighted by molar-refractivity contribution is 5.78. The van der Waals surface area contributed by atoms with E-state index in [0.717, 1.165) is 6.42 Å². The maximum atomic E-state index is 14.3. The summed E-state index contributed by atoms with van der Waals surface area (Å²) in [5, 5.41) is 1.47. The van der Waals surface area contributed by atoms with Crippen LogP contribution in [0.25, 0.3) is 10.9 Å². The fraction of sp³-hybridized carbons (Fsp3) is 0.550. The maximum absolute atomic E-state index is 14.3. The highest BCUT2D eigenvalue weighted by Gasteiger charge is 2.30. The van der Waals surface area contributed by atoms with Crippen molar-refractivity contribution in [3.63, 3.8) is 0 Å². The van der Waals surface area contributed by atoms with Gasteiger partial charge < -0.3 is 14.6 Å². The molecule has 1 aromatic carbocycles. The topological polar surface area (TPSA) is 67.7 Å². The first-order chi connectivity index (χ1) is 13.0. The van der Waals surface area contributed by atoms with Crippen molar-refractivity contribution in [2.75, 3.05) is 26.2 Å². The van der Waals surface area contributed by atoms with Crippen LogP contribution in [0.1, 0.15) is 52.4 Å². The van der Waals surface area contributed by atoms with E-state index in [1.807, 2.05) is 6.92 Å².